The normalized spacial score (nSPS) is 19.9. The maximum Gasteiger partial charge on any atom is 0.320 e. The number of hydrogen-bond donors (Lipinski definition) is 0. The van der Waals surface area contributed by atoms with Gasteiger partial charge in [0.1, 0.15) is 5.82 Å². The van der Waals surface area contributed by atoms with Crippen molar-refractivity contribution in [3.63, 3.8) is 0 Å². The number of rotatable bonds is 2. The minimum atomic E-state index is -3.76. The van der Waals surface area contributed by atoms with Gasteiger partial charge in [0, 0.05) is 39.3 Å². The molecule has 3 rings (SSSR count). The molecule has 0 aliphatic carbocycles. The monoisotopic (exact) mass is 391 g/mol. The second-order valence-corrected chi connectivity index (χ2v) is 8.19. The van der Waals surface area contributed by atoms with Gasteiger partial charge in [-0.2, -0.15) is 4.31 Å². The molecule has 7 nitrogen and oxygen atoms in total. The van der Waals surface area contributed by atoms with Crippen molar-refractivity contribution in [1.82, 2.24) is 14.1 Å². The molecule has 2 amide bonds. The molecule has 138 valence electrons. The Bertz CT molecular complexity index is 747. The first-order valence-electron chi connectivity index (χ1n) is 7.96. The van der Waals surface area contributed by atoms with Gasteiger partial charge < -0.3 is 14.5 Å². The van der Waals surface area contributed by atoms with E-state index < -0.39 is 15.8 Å². The zero-order valence-electron chi connectivity index (χ0n) is 13.5. The Morgan fingerprint density at radius 1 is 1.04 bits per heavy atom. The molecular formula is C15H19ClFN3O4S. The Labute approximate surface area is 150 Å². The van der Waals surface area contributed by atoms with Crippen LogP contribution in [-0.4, -0.2) is 81.0 Å². The van der Waals surface area contributed by atoms with E-state index in [1.807, 2.05) is 0 Å². The van der Waals surface area contributed by atoms with E-state index in [9.17, 15) is 17.6 Å². The molecule has 0 saturated carbocycles. The highest BCUT2D eigenvalue weighted by Crippen LogP contribution is 2.23. The van der Waals surface area contributed by atoms with E-state index in [2.05, 4.69) is 0 Å². The summed E-state index contributed by atoms with van der Waals surface area (Å²) < 4.78 is 45.1. The fourth-order valence-corrected chi connectivity index (χ4v) is 4.55. The van der Waals surface area contributed by atoms with Gasteiger partial charge in [0.2, 0.25) is 10.0 Å². The van der Waals surface area contributed by atoms with Gasteiger partial charge in [-0.3, -0.25) is 0 Å². The van der Waals surface area contributed by atoms with Crippen molar-refractivity contribution in [2.45, 2.75) is 4.90 Å². The number of carbonyl (C=O) groups is 1. The molecule has 2 heterocycles. The van der Waals surface area contributed by atoms with E-state index >= 15 is 0 Å². The zero-order chi connectivity index (χ0) is 18.0. The van der Waals surface area contributed by atoms with Crippen LogP contribution in [0.3, 0.4) is 0 Å². The van der Waals surface area contributed by atoms with Gasteiger partial charge in [0.25, 0.3) is 0 Å². The summed E-state index contributed by atoms with van der Waals surface area (Å²) in [6, 6.07) is 3.25. The molecule has 0 N–H and O–H groups in total. The molecule has 0 atom stereocenters. The third-order valence-electron chi connectivity index (χ3n) is 4.32. The number of hydrogen-bond acceptors (Lipinski definition) is 4. The molecule has 2 saturated heterocycles. The number of amides is 2. The maximum atomic E-state index is 13.2. The minimum absolute atomic E-state index is 0.0492. The van der Waals surface area contributed by atoms with E-state index in [1.165, 1.54) is 10.4 Å². The number of ether oxygens (including phenoxy) is 1. The maximum absolute atomic E-state index is 13.2. The summed E-state index contributed by atoms with van der Waals surface area (Å²) in [5.41, 5.74) is 0. The second-order valence-electron chi connectivity index (χ2n) is 5.85. The number of urea groups is 1. The van der Waals surface area contributed by atoms with Gasteiger partial charge in [-0.1, -0.05) is 11.6 Å². The summed E-state index contributed by atoms with van der Waals surface area (Å²) >= 11 is 5.68. The number of carbonyl (C=O) groups excluding carboxylic acids is 1. The van der Waals surface area contributed by atoms with E-state index in [-0.39, 0.29) is 29.0 Å². The molecule has 0 aromatic heterocycles. The molecule has 1 aromatic carbocycles. The minimum Gasteiger partial charge on any atom is -0.378 e. The van der Waals surface area contributed by atoms with Gasteiger partial charge in [-0.05, 0) is 18.2 Å². The van der Waals surface area contributed by atoms with E-state index in [4.69, 9.17) is 16.3 Å². The lowest BCUT2D eigenvalue weighted by Crippen LogP contribution is -2.55. The lowest BCUT2D eigenvalue weighted by molar-refractivity contribution is 0.0405. The lowest BCUT2D eigenvalue weighted by atomic mass is 10.3. The highest BCUT2D eigenvalue weighted by atomic mass is 35.5. The Balaban J connectivity index is 1.64. The number of nitrogens with zero attached hydrogens (tertiary/aromatic N) is 3. The Kier molecular flexibility index (Phi) is 5.47. The first kappa shape index (κ1) is 18.4. The largest absolute Gasteiger partial charge is 0.378 e. The van der Waals surface area contributed by atoms with E-state index in [0.717, 1.165) is 12.1 Å². The highest BCUT2D eigenvalue weighted by molar-refractivity contribution is 7.89. The van der Waals surface area contributed by atoms with Crippen LogP contribution in [-0.2, 0) is 14.8 Å². The molecular weight excluding hydrogens is 373 g/mol. The number of halogens is 2. The average Bonchev–Trinajstić information content (AvgIpc) is 2.64. The highest BCUT2D eigenvalue weighted by Gasteiger charge is 2.32. The fraction of sp³-hybridized carbons (Fsp3) is 0.533. The molecule has 1 aromatic rings. The third kappa shape index (κ3) is 3.89. The van der Waals surface area contributed by atoms with Crippen molar-refractivity contribution in [1.29, 1.82) is 0 Å². The standard InChI is InChI=1S/C15H19ClFN3O4S/c16-13-11-12(1-2-14(13)17)25(22,23)20-5-3-18(4-6-20)15(21)19-7-9-24-10-8-19/h1-2,11H,3-10H2. The molecule has 10 heteroatoms. The molecule has 2 aliphatic rings. The second kappa shape index (κ2) is 7.45. The number of morpholine rings is 1. The van der Waals surface area contributed by atoms with Crippen molar-refractivity contribution in [2.75, 3.05) is 52.5 Å². The van der Waals surface area contributed by atoms with Crippen molar-refractivity contribution in [2.24, 2.45) is 0 Å². The summed E-state index contributed by atoms with van der Waals surface area (Å²) in [6.45, 7) is 3.13. The summed E-state index contributed by atoms with van der Waals surface area (Å²) in [4.78, 5) is 15.7. The Morgan fingerprint density at radius 2 is 1.64 bits per heavy atom. The van der Waals surface area contributed by atoms with Crippen LogP contribution in [0.25, 0.3) is 0 Å². The van der Waals surface area contributed by atoms with Crippen molar-refractivity contribution in [3.05, 3.63) is 29.0 Å². The topological polar surface area (TPSA) is 70.2 Å². The molecule has 2 fully saturated rings. The van der Waals surface area contributed by atoms with E-state index in [0.29, 0.717) is 39.4 Å². The molecule has 0 bridgehead atoms. The number of sulfonamides is 1. The van der Waals surface area contributed by atoms with Gasteiger partial charge in [0.05, 0.1) is 23.1 Å². The summed E-state index contributed by atoms with van der Waals surface area (Å²) in [5.74, 6) is -0.665. The van der Waals surface area contributed by atoms with E-state index in [1.54, 1.807) is 9.80 Å². The Morgan fingerprint density at radius 3 is 2.24 bits per heavy atom. The summed E-state index contributed by atoms with van der Waals surface area (Å²) in [7, 11) is -3.76. The van der Waals surface area contributed by atoms with Crippen LogP contribution in [0.4, 0.5) is 9.18 Å². The van der Waals surface area contributed by atoms with Crippen LogP contribution in [0.2, 0.25) is 5.02 Å². The van der Waals surface area contributed by atoms with Crippen molar-refractivity contribution in [3.8, 4) is 0 Å². The van der Waals surface area contributed by atoms with Crippen LogP contribution in [0.5, 0.6) is 0 Å². The van der Waals surface area contributed by atoms with Crippen LogP contribution >= 0.6 is 11.6 Å². The number of benzene rings is 1. The number of piperazine rings is 1. The molecule has 25 heavy (non-hydrogen) atoms. The zero-order valence-corrected chi connectivity index (χ0v) is 15.1. The van der Waals surface area contributed by atoms with Crippen molar-refractivity contribution < 1.29 is 22.3 Å². The Hall–Kier alpha value is -1.42. The van der Waals surface area contributed by atoms with Crippen LogP contribution < -0.4 is 0 Å². The predicted molar refractivity (Wildman–Crippen MR) is 89.5 cm³/mol. The summed E-state index contributed by atoms with van der Waals surface area (Å²) in [6.07, 6.45) is 0. The van der Waals surface area contributed by atoms with Gasteiger partial charge >= 0.3 is 6.03 Å². The first-order chi connectivity index (χ1) is 11.9. The molecule has 2 aliphatic heterocycles. The van der Waals surface area contributed by atoms with Gasteiger partial charge in [-0.25, -0.2) is 17.6 Å². The molecule has 0 spiro atoms. The average molecular weight is 392 g/mol. The van der Waals surface area contributed by atoms with Crippen LogP contribution in [0.15, 0.2) is 23.1 Å². The van der Waals surface area contributed by atoms with Crippen LogP contribution in [0.1, 0.15) is 0 Å². The molecule has 0 unspecified atom stereocenters. The quantitative estimate of drug-likeness (QED) is 0.760. The SMILES string of the molecule is O=C(N1CCOCC1)N1CCN(S(=O)(=O)c2ccc(F)c(Cl)c2)CC1. The van der Waals surface area contributed by atoms with Gasteiger partial charge in [-0.15, -0.1) is 0 Å². The first-order valence-corrected chi connectivity index (χ1v) is 9.78. The van der Waals surface area contributed by atoms with Gasteiger partial charge in [0.15, 0.2) is 0 Å². The predicted octanol–water partition coefficient (Wildman–Crippen LogP) is 1.24. The third-order valence-corrected chi connectivity index (χ3v) is 6.50. The lowest BCUT2D eigenvalue weighted by Gasteiger charge is -2.38. The van der Waals surface area contributed by atoms with Crippen LogP contribution in [0, 0.1) is 5.82 Å². The smallest absolute Gasteiger partial charge is 0.320 e. The summed E-state index contributed by atoms with van der Waals surface area (Å²) in [5, 5.41) is -0.234. The molecule has 0 radical (unpaired) electrons. The van der Waals surface area contributed by atoms with Crippen molar-refractivity contribution >= 4 is 27.7 Å². The fourth-order valence-electron chi connectivity index (χ4n) is 2.86.